The number of esters is 1. The molecule has 148 valence electrons. The lowest BCUT2D eigenvalue weighted by Gasteiger charge is -2.10. The predicted octanol–water partition coefficient (Wildman–Crippen LogP) is 4.38. The van der Waals surface area contributed by atoms with Gasteiger partial charge in [-0.2, -0.15) is 0 Å². The summed E-state index contributed by atoms with van der Waals surface area (Å²) in [7, 11) is 1.30. The molecule has 29 heavy (non-hydrogen) atoms. The molecule has 0 aliphatic carbocycles. The number of anilines is 3. The van der Waals surface area contributed by atoms with Gasteiger partial charge in [0.25, 0.3) is 5.91 Å². The maximum atomic E-state index is 12.5. The van der Waals surface area contributed by atoms with Crippen molar-refractivity contribution in [3.8, 4) is 0 Å². The Balaban J connectivity index is 1.72. The van der Waals surface area contributed by atoms with Crippen LogP contribution in [0.2, 0.25) is 0 Å². The highest BCUT2D eigenvalue weighted by molar-refractivity contribution is 6.04. The van der Waals surface area contributed by atoms with E-state index in [9.17, 15) is 9.59 Å². The smallest absolute Gasteiger partial charge is 0.337 e. The fraction of sp³-hybridized carbons (Fsp3) is 0.182. The van der Waals surface area contributed by atoms with Crippen molar-refractivity contribution in [3.63, 3.8) is 0 Å². The Labute approximate surface area is 169 Å². The highest BCUT2D eigenvalue weighted by atomic mass is 16.5. The van der Waals surface area contributed by atoms with Gasteiger partial charge in [0.05, 0.1) is 12.7 Å². The second-order valence-corrected chi connectivity index (χ2v) is 6.72. The number of hydrogen-bond acceptors (Lipinski definition) is 6. The molecular weight excluding hydrogens is 368 g/mol. The predicted molar refractivity (Wildman–Crippen MR) is 112 cm³/mol. The van der Waals surface area contributed by atoms with Crippen molar-refractivity contribution < 1.29 is 14.3 Å². The summed E-state index contributed by atoms with van der Waals surface area (Å²) in [5, 5.41) is 5.89. The molecule has 0 radical (unpaired) electrons. The summed E-state index contributed by atoms with van der Waals surface area (Å²) in [6.07, 6.45) is 1.32. The first kappa shape index (κ1) is 20.0. The summed E-state index contributed by atoms with van der Waals surface area (Å²) in [4.78, 5) is 32.4. The van der Waals surface area contributed by atoms with E-state index in [-0.39, 0.29) is 5.69 Å². The Morgan fingerprint density at radius 2 is 1.72 bits per heavy atom. The molecule has 2 aromatic carbocycles. The van der Waals surface area contributed by atoms with Gasteiger partial charge in [-0.3, -0.25) is 4.79 Å². The molecule has 0 bridgehead atoms. The minimum Gasteiger partial charge on any atom is -0.465 e. The monoisotopic (exact) mass is 390 g/mol. The van der Waals surface area contributed by atoms with Crippen molar-refractivity contribution >= 4 is 29.1 Å². The lowest BCUT2D eigenvalue weighted by Crippen LogP contribution is -2.15. The Bertz CT molecular complexity index is 1020. The minimum absolute atomic E-state index is 0.199. The molecule has 0 unspecified atom stereocenters. The van der Waals surface area contributed by atoms with E-state index in [4.69, 9.17) is 4.74 Å². The third-order valence-corrected chi connectivity index (χ3v) is 4.29. The van der Waals surface area contributed by atoms with Crippen LogP contribution in [-0.2, 0) is 4.74 Å². The molecule has 0 saturated carbocycles. The summed E-state index contributed by atoms with van der Waals surface area (Å²) >= 11 is 0. The van der Waals surface area contributed by atoms with Crippen molar-refractivity contribution in [1.29, 1.82) is 0 Å². The lowest BCUT2D eigenvalue weighted by atomic mass is 10.0. The van der Waals surface area contributed by atoms with E-state index >= 15 is 0 Å². The summed E-state index contributed by atoms with van der Waals surface area (Å²) in [6.45, 7) is 4.28. The van der Waals surface area contributed by atoms with Gasteiger partial charge in [-0.1, -0.05) is 32.0 Å². The van der Waals surface area contributed by atoms with Crippen molar-refractivity contribution in [2.75, 3.05) is 17.7 Å². The number of rotatable bonds is 6. The number of aromatic nitrogens is 2. The van der Waals surface area contributed by atoms with Gasteiger partial charge < -0.3 is 15.4 Å². The summed E-state index contributed by atoms with van der Waals surface area (Å²) in [5.74, 6) is 0.0765. The van der Waals surface area contributed by atoms with E-state index < -0.39 is 11.9 Å². The summed E-state index contributed by atoms with van der Waals surface area (Å²) < 4.78 is 4.69. The topological polar surface area (TPSA) is 93.2 Å². The molecular formula is C22H22N4O3. The Morgan fingerprint density at radius 1 is 0.966 bits per heavy atom. The van der Waals surface area contributed by atoms with Gasteiger partial charge in [0.1, 0.15) is 17.8 Å². The molecule has 7 nitrogen and oxygen atoms in total. The lowest BCUT2D eigenvalue weighted by molar-refractivity contribution is 0.0600. The SMILES string of the molecule is COC(=O)c1cccc(NC(=O)c2cc(Nc3ccc(C(C)C)cc3)ncn2)c1. The van der Waals surface area contributed by atoms with Crippen molar-refractivity contribution in [2.45, 2.75) is 19.8 Å². The minimum atomic E-state index is -0.474. The fourth-order valence-electron chi connectivity index (χ4n) is 2.69. The summed E-state index contributed by atoms with van der Waals surface area (Å²) in [5.41, 5.74) is 3.12. The Kier molecular flexibility index (Phi) is 6.19. The molecule has 0 atom stereocenters. The van der Waals surface area contributed by atoms with E-state index in [0.717, 1.165) is 5.69 Å². The molecule has 1 aromatic heterocycles. The van der Waals surface area contributed by atoms with E-state index in [1.807, 2.05) is 12.1 Å². The first-order valence-electron chi connectivity index (χ1n) is 9.15. The fourth-order valence-corrected chi connectivity index (χ4v) is 2.69. The number of amides is 1. The molecule has 1 amide bonds. The standard InChI is InChI=1S/C22H22N4O3/c1-14(2)15-7-9-17(10-8-15)25-20-12-19(23-13-24-20)21(27)26-18-6-4-5-16(11-18)22(28)29-3/h4-14H,1-3H3,(H,26,27)(H,23,24,25). The summed E-state index contributed by atoms with van der Waals surface area (Å²) in [6, 6.07) is 16.1. The van der Waals surface area contributed by atoms with Crippen LogP contribution in [0.1, 0.15) is 46.2 Å². The van der Waals surface area contributed by atoms with E-state index in [0.29, 0.717) is 23.0 Å². The molecule has 0 aliphatic heterocycles. The quantitative estimate of drug-likeness (QED) is 0.607. The van der Waals surface area contributed by atoms with Gasteiger partial charge in [-0.25, -0.2) is 14.8 Å². The number of carbonyl (C=O) groups excluding carboxylic acids is 2. The molecule has 2 N–H and O–H groups in total. The van der Waals surface area contributed by atoms with Crippen molar-refractivity contribution in [1.82, 2.24) is 9.97 Å². The maximum absolute atomic E-state index is 12.5. The van der Waals surface area contributed by atoms with Crippen LogP contribution in [0.4, 0.5) is 17.2 Å². The number of ether oxygens (including phenoxy) is 1. The number of hydrogen-bond donors (Lipinski definition) is 2. The average molecular weight is 390 g/mol. The first-order chi connectivity index (χ1) is 14.0. The third-order valence-electron chi connectivity index (χ3n) is 4.29. The van der Waals surface area contributed by atoms with Gasteiger partial charge in [0.15, 0.2) is 0 Å². The highest BCUT2D eigenvalue weighted by Gasteiger charge is 2.12. The molecule has 7 heteroatoms. The van der Waals surface area contributed by atoms with Crippen LogP contribution in [0, 0.1) is 0 Å². The zero-order valence-corrected chi connectivity index (χ0v) is 16.5. The average Bonchev–Trinajstić information content (AvgIpc) is 2.74. The van der Waals surface area contributed by atoms with Crippen LogP contribution in [0.25, 0.3) is 0 Å². The normalized spacial score (nSPS) is 10.5. The van der Waals surface area contributed by atoms with Gasteiger partial charge in [0, 0.05) is 17.4 Å². The van der Waals surface area contributed by atoms with Gasteiger partial charge >= 0.3 is 5.97 Å². The van der Waals surface area contributed by atoms with Gasteiger partial charge in [-0.05, 0) is 41.8 Å². The second kappa shape index (κ2) is 8.97. The number of benzene rings is 2. The van der Waals surface area contributed by atoms with Crippen LogP contribution in [0.5, 0.6) is 0 Å². The highest BCUT2D eigenvalue weighted by Crippen LogP contribution is 2.20. The third kappa shape index (κ3) is 5.16. The van der Waals surface area contributed by atoms with Crippen molar-refractivity contribution in [3.05, 3.63) is 77.7 Å². The number of methoxy groups -OCH3 is 1. The van der Waals surface area contributed by atoms with E-state index in [2.05, 4.69) is 46.6 Å². The van der Waals surface area contributed by atoms with Gasteiger partial charge in [-0.15, -0.1) is 0 Å². The molecule has 0 aliphatic rings. The zero-order chi connectivity index (χ0) is 20.8. The number of carbonyl (C=O) groups is 2. The molecule has 3 aromatic rings. The van der Waals surface area contributed by atoms with Crippen LogP contribution in [-0.4, -0.2) is 29.0 Å². The number of nitrogens with zero attached hydrogens (tertiary/aromatic N) is 2. The van der Waals surface area contributed by atoms with Crippen LogP contribution in [0.3, 0.4) is 0 Å². The first-order valence-corrected chi connectivity index (χ1v) is 9.15. The second-order valence-electron chi connectivity index (χ2n) is 6.72. The van der Waals surface area contributed by atoms with E-state index in [1.54, 1.807) is 30.3 Å². The van der Waals surface area contributed by atoms with Gasteiger partial charge in [0.2, 0.25) is 0 Å². The molecule has 0 saturated heterocycles. The molecule has 0 spiro atoms. The molecule has 0 fully saturated rings. The van der Waals surface area contributed by atoms with Crippen LogP contribution >= 0.6 is 0 Å². The zero-order valence-electron chi connectivity index (χ0n) is 16.5. The van der Waals surface area contributed by atoms with E-state index in [1.165, 1.54) is 19.0 Å². The largest absolute Gasteiger partial charge is 0.465 e. The number of nitrogens with one attached hydrogen (secondary N) is 2. The molecule has 1 heterocycles. The maximum Gasteiger partial charge on any atom is 0.337 e. The van der Waals surface area contributed by atoms with Crippen LogP contribution < -0.4 is 10.6 Å². The Hall–Kier alpha value is -3.74. The Morgan fingerprint density at radius 3 is 2.41 bits per heavy atom. The van der Waals surface area contributed by atoms with Crippen molar-refractivity contribution in [2.24, 2.45) is 0 Å². The van der Waals surface area contributed by atoms with Crippen LogP contribution in [0.15, 0.2) is 60.9 Å². The molecule has 3 rings (SSSR count).